The minimum Gasteiger partial charge on any atom is -0.390 e. The summed E-state index contributed by atoms with van der Waals surface area (Å²) in [5.41, 5.74) is 2.61. The average Bonchev–Trinajstić information content (AvgIpc) is 2.33. The Balaban J connectivity index is 2.90. The Morgan fingerprint density at radius 2 is 2.40 bits per heavy atom. The normalized spacial score (nSPS) is 10.8. The van der Waals surface area contributed by atoms with Crippen molar-refractivity contribution in [1.82, 2.24) is 4.98 Å². The van der Waals surface area contributed by atoms with Crippen molar-refractivity contribution < 1.29 is 5.11 Å². The quantitative estimate of drug-likeness (QED) is 0.709. The van der Waals surface area contributed by atoms with Crippen LogP contribution in [0.1, 0.15) is 30.3 Å². The zero-order valence-electron chi connectivity index (χ0n) is 6.16. The monoisotopic (exact) mass is 157 g/mol. The van der Waals surface area contributed by atoms with Gasteiger partial charge in [-0.25, -0.2) is 4.98 Å². The van der Waals surface area contributed by atoms with Gasteiger partial charge in [0.25, 0.3) is 0 Å². The third-order valence-corrected chi connectivity index (χ3v) is 2.52. The zero-order chi connectivity index (χ0) is 7.56. The van der Waals surface area contributed by atoms with Gasteiger partial charge in [-0.3, -0.25) is 0 Å². The van der Waals surface area contributed by atoms with Crippen LogP contribution in [0.4, 0.5) is 0 Å². The van der Waals surface area contributed by atoms with E-state index in [0.29, 0.717) is 5.92 Å². The molecule has 0 atom stereocenters. The third kappa shape index (κ3) is 1.36. The van der Waals surface area contributed by atoms with Gasteiger partial charge in [0.2, 0.25) is 0 Å². The predicted octanol–water partition coefficient (Wildman–Crippen LogP) is 1.76. The SMILES string of the molecule is CC(C)c1scnc1CO. The molecule has 0 radical (unpaired) electrons. The first-order valence-electron chi connectivity index (χ1n) is 3.28. The highest BCUT2D eigenvalue weighted by molar-refractivity contribution is 7.09. The van der Waals surface area contributed by atoms with E-state index in [-0.39, 0.29) is 6.61 Å². The molecule has 56 valence electrons. The lowest BCUT2D eigenvalue weighted by Crippen LogP contribution is -1.91. The summed E-state index contributed by atoms with van der Waals surface area (Å²) in [6.07, 6.45) is 0. The standard InChI is InChI=1S/C7H11NOS/c1-5(2)7-6(3-9)8-4-10-7/h4-5,9H,3H2,1-2H3. The minimum absolute atomic E-state index is 0.0665. The fourth-order valence-electron chi connectivity index (χ4n) is 0.866. The van der Waals surface area contributed by atoms with Gasteiger partial charge < -0.3 is 5.11 Å². The summed E-state index contributed by atoms with van der Waals surface area (Å²) >= 11 is 1.61. The van der Waals surface area contributed by atoms with Crippen molar-refractivity contribution in [2.24, 2.45) is 0 Å². The van der Waals surface area contributed by atoms with Crippen LogP contribution in [-0.2, 0) is 6.61 Å². The van der Waals surface area contributed by atoms with E-state index in [1.54, 1.807) is 16.8 Å². The Bertz CT molecular complexity index is 207. The van der Waals surface area contributed by atoms with Crippen LogP contribution in [0.15, 0.2) is 5.51 Å². The van der Waals surface area contributed by atoms with Crippen molar-refractivity contribution in [1.29, 1.82) is 0 Å². The Labute approximate surface area is 64.5 Å². The van der Waals surface area contributed by atoms with Crippen molar-refractivity contribution in [2.75, 3.05) is 0 Å². The largest absolute Gasteiger partial charge is 0.390 e. The minimum atomic E-state index is 0.0665. The fraction of sp³-hybridized carbons (Fsp3) is 0.571. The van der Waals surface area contributed by atoms with Gasteiger partial charge in [0.15, 0.2) is 0 Å². The number of thiazole rings is 1. The van der Waals surface area contributed by atoms with Crippen molar-refractivity contribution in [2.45, 2.75) is 26.4 Å². The Morgan fingerprint density at radius 3 is 2.80 bits per heavy atom. The molecule has 2 nitrogen and oxygen atoms in total. The first-order valence-corrected chi connectivity index (χ1v) is 4.16. The number of aromatic nitrogens is 1. The van der Waals surface area contributed by atoms with Crippen LogP contribution >= 0.6 is 11.3 Å². The molecule has 0 fully saturated rings. The number of hydrogen-bond acceptors (Lipinski definition) is 3. The topological polar surface area (TPSA) is 33.1 Å². The summed E-state index contributed by atoms with van der Waals surface area (Å²) in [5.74, 6) is 0.481. The van der Waals surface area contributed by atoms with Gasteiger partial charge in [-0.15, -0.1) is 11.3 Å². The molecular formula is C7H11NOS. The van der Waals surface area contributed by atoms with E-state index in [4.69, 9.17) is 5.11 Å². The van der Waals surface area contributed by atoms with Crippen LogP contribution in [-0.4, -0.2) is 10.1 Å². The lowest BCUT2D eigenvalue weighted by atomic mass is 10.1. The van der Waals surface area contributed by atoms with Crippen molar-refractivity contribution >= 4 is 11.3 Å². The van der Waals surface area contributed by atoms with Crippen molar-refractivity contribution in [3.05, 3.63) is 16.1 Å². The van der Waals surface area contributed by atoms with E-state index in [0.717, 1.165) is 5.69 Å². The predicted molar refractivity (Wildman–Crippen MR) is 42.1 cm³/mol. The van der Waals surface area contributed by atoms with Crippen LogP contribution in [0.2, 0.25) is 0 Å². The van der Waals surface area contributed by atoms with E-state index in [9.17, 15) is 0 Å². The highest BCUT2D eigenvalue weighted by Gasteiger charge is 2.07. The van der Waals surface area contributed by atoms with Crippen LogP contribution in [0.3, 0.4) is 0 Å². The fourth-order valence-corrected chi connectivity index (χ4v) is 1.69. The molecule has 1 aromatic rings. The second kappa shape index (κ2) is 3.12. The van der Waals surface area contributed by atoms with E-state index >= 15 is 0 Å². The highest BCUT2D eigenvalue weighted by Crippen LogP contribution is 2.22. The van der Waals surface area contributed by atoms with Gasteiger partial charge in [0, 0.05) is 4.88 Å². The van der Waals surface area contributed by atoms with E-state index < -0.39 is 0 Å². The molecule has 0 amide bonds. The maximum absolute atomic E-state index is 8.80. The Hall–Kier alpha value is -0.410. The maximum atomic E-state index is 8.80. The summed E-state index contributed by atoms with van der Waals surface area (Å²) in [5, 5.41) is 8.80. The second-order valence-corrected chi connectivity index (χ2v) is 3.36. The van der Waals surface area contributed by atoms with Crippen molar-refractivity contribution in [3.8, 4) is 0 Å². The molecule has 0 saturated carbocycles. The van der Waals surface area contributed by atoms with Crippen molar-refractivity contribution in [3.63, 3.8) is 0 Å². The molecular weight excluding hydrogens is 146 g/mol. The molecule has 1 heterocycles. The van der Waals surface area contributed by atoms with E-state index in [2.05, 4.69) is 18.8 Å². The molecule has 0 bridgehead atoms. The summed E-state index contributed by atoms with van der Waals surface area (Å²) in [6, 6.07) is 0. The summed E-state index contributed by atoms with van der Waals surface area (Å²) < 4.78 is 0. The molecule has 0 aromatic carbocycles. The Morgan fingerprint density at radius 1 is 1.70 bits per heavy atom. The lowest BCUT2D eigenvalue weighted by molar-refractivity contribution is 0.276. The lowest BCUT2D eigenvalue weighted by Gasteiger charge is -2.00. The molecule has 0 saturated heterocycles. The zero-order valence-corrected chi connectivity index (χ0v) is 6.98. The third-order valence-electron chi connectivity index (χ3n) is 1.35. The molecule has 3 heteroatoms. The summed E-state index contributed by atoms with van der Waals surface area (Å²) in [4.78, 5) is 5.22. The van der Waals surface area contributed by atoms with Gasteiger partial charge in [0.1, 0.15) is 0 Å². The summed E-state index contributed by atoms with van der Waals surface area (Å²) in [6.45, 7) is 4.27. The maximum Gasteiger partial charge on any atom is 0.0864 e. The summed E-state index contributed by atoms with van der Waals surface area (Å²) in [7, 11) is 0. The second-order valence-electron chi connectivity index (χ2n) is 2.48. The molecule has 1 rings (SSSR count). The van der Waals surface area contributed by atoms with Gasteiger partial charge in [-0.2, -0.15) is 0 Å². The van der Waals surface area contributed by atoms with Gasteiger partial charge in [0.05, 0.1) is 17.8 Å². The molecule has 0 aliphatic heterocycles. The smallest absolute Gasteiger partial charge is 0.0864 e. The Kier molecular flexibility index (Phi) is 2.40. The van der Waals surface area contributed by atoms with Gasteiger partial charge in [-0.1, -0.05) is 13.8 Å². The number of aliphatic hydroxyl groups excluding tert-OH is 1. The molecule has 10 heavy (non-hydrogen) atoms. The van der Waals surface area contributed by atoms with Crippen LogP contribution in [0.5, 0.6) is 0 Å². The number of nitrogens with zero attached hydrogens (tertiary/aromatic N) is 1. The van der Waals surface area contributed by atoms with E-state index in [1.165, 1.54) is 4.88 Å². The molecule has 0 unspecified atom stereocenters. The molecule has 0 aliphatic carbocycles. The first kappa shape index (κ1) is 7.69. The number of rotatable bonds is 2. The van der Waals surface area contributed by atoms with E-state index in [1.807, 2.05) is 0 Å². The first-order chi connectivity index (χ1) is 4.75. The number of hydrogen-bond donors (Lipinski definition) is 1. The molecule has 0 spiro atoms. The molecule has 1 N–H and O–H groups in total. The number of aliphatic hydroxyl groups is 1. The molecule has 1 aromatic heterocycles. The van der Waals surface area contributed by atoms with Crippen LogP contribution in [0.25, 0.3) is 0 Å². The van der Waals surface area contributed by atoms with Crippen LogP contribution < -0.4 is 0 Å². The van der Waals surface area contributed by atoms with Gasteiger partial charge >= 0.3 is 0 Å². The average molecular weight is 157 g/mol. The molecule has 0 aliphatic rings. The van der Waals surface area contributed by atoms with Crippen LogP contribution in [0, 0.1) is 0 Å². The van der Waals surface area contributed by atoms with Gasteiger partial charge in [-0.05, 0) is 5.92 Å². The highest BCUT2D eigenvalue weighted by atomic mass is 32.1.